The normalized spacial score (nSPS) is 33.3. The topological polar surface area (TPSA) is 46.6 Å². The molecule has 2 aliphatic heterocycles. The lowest BCUT2D eigenvalue weighted by atomic mass is 9.99. The van der Waals surface area contributed by atoms with E-state index in [1.807, 2.05) is 11.8 Å². The van der Waals surface area contributed by atoms with Crippen LogP contribution in [-0.2, 0) is 14.3 Å². The van der Waals surface area contributed by atoms with Crippen LogP contribution in [0.2, 0.25) is 0 Å². The van der Waals surface area contributed by atoms with Crippen molar-refractivity contribution in [2.75, 3.05) is 13.2 Å². The Morgan fingerprint density at radius 2 is 2.20 bits per heavy atom. The molecule has 0 spiro atoms. The monoisotopic (exact) mass is 211 g/mol. The largest absolute Gasteiger partial charge is 0.378 e. The highest BCUT2D eigenvalue weighted by Gasteiger charge is 2.32. The number of amides is 1. The number of Topliss-reactive ketones (excluding diaryl/α,β-unsaturated/α-hetero) is 1. The van der Waals surface area contributed by atoms with Gasteiger partial charge in [0.15, 0.2) is 0 Å². The van der Waals surface area contributed by atoms with Crippen LogP contribution in [0.25, 0.3) is 0 Å². The third-order valence-corrected chi connectivity index (χ3v) is 3.20. The van der Waals surface area contributed by atoms with Gasteiger partial charge in [0, 0.05) is 25.6 Å². The van der Waals surface area contributed by atoms with Crippen LogP contribution in [0, 0.1) is 0 Å². The van der Waals surface area contributed by atoms with E-state index >= 15 is 0 Å². The number of likely N-dealkylation sites (tertiary alicyclic amines) is 1. The van der Waals surface area contributed by atoms with Crippen molar-refractivity contribution in [3.63, 3.8) is 0 Å². The highest BCUT2D eigenvalue weighted by Crippen LogP contribution is 2.22. The van der Waals surface area contributed by atoms with Crippen LogP contribution < -0.4 is 0 Å². The molecule has 0 N–H and O–H groups in total. The third kappa shape index (κ3) is 2.37. The number of nitrogens with zero attached hydrogens (tertiary/aromatic N) is 1. The van der Waals surface area contributed by atoms with E-state index in [0.29, 0.717) is 13.0 Å². The molecule has 0 saturated carbocycles. The van der Waals surface area contributed by atoms with Crippen molar-refractivity contribution in [3.05, 3.63) is 0 Å². The maximum atomic E-state index is 11.7. The summed E-state index contributed by atoms with van der Waals surface area (Å²) in [6.45, 7) is 3.37. The van der Waals surface area contributed by atoms with Gasteiger partial charge in [0.25, 0.3) is 0 Å². The van der Waals surface area contributed by atoms with E-state index in [0.717, 1.165) is 19.4 Å². The van der Waals surface area contributed by atoms with Gasteiger partial charge in [-0.15, -0.1) is 0 Å². The highest BCUT2D eigenvalue weighted by molar-refractivity contribution is 6.00. The molecule has 2 aliphatic rings. The van der Waals surface area contributed by atoms with E-state index in [-0.39, 0.29) is 30.3 Å². The smallest absolute Gasteiger partial charge is 0.230 e. The number of ether oxygens (including phenoxy) is 1. The highest BCUT2D eigenvalue weighted by atomic mass is 16.5. The van der Waals surface area contributed by atoms with Crippen LogP contribution in [0.4, 0.5) is 0 Å². The summed E-state index contributed by atoms with van der Waals surface area (Å²) in [5.41, 5.74) is 0. The summed E-state index contributed by atoms with van der Waals surface area (Å²) in [5, 5.41) is 0. The minimum atomic E-state index is 0.00495. The Balaban J connectivity index is 1.97. The SMILES string of the molecule is CC1CC(N2CCC(=O)CC2=O)CCO1. The molecule has 2 fully saturated rings. The summed E-state index contributed by atoms with van der Waals surface area (Å²) in [6, 6.07) is 0.286. The van der Waals surface area contributed by atoms with Gasteiger partial charge < -0.3 is 9.64 Å². The van der Waals surface area contributed by atoms with E-state index in [1.165, 1.54) is 0 Å². The van der Waals surface area contributed by atoms with Crippen LogP contribution in [0.15, 0.2) is 0 Å². The zero-order valence-electron chi connectivity index (χ0n) is 9.07. The van der Waals surface area contributed by atoms with Crippen LogP contribution in [0.1, 0.15) is 32.6 Å². The molecule has 0 aliphatic carbocycles. The third-order valence-electron chi connectivity index (χ3n) is 3.20. The number of ketones is 1. The molecule has 4 heteroatoms. The molecule has 2 heterocycles. The van der Waals surface area contributed by atoms with E-state index in [9.17, 15) is 9.59 Å². The molecule has 0 aromatic rings. The Kier molecular flexibility index (Phi) is 3.05. The number of rotatable bonds is 1. The fraction of sp³-hybridized carbons (Fsp3) is 0.818. The molecule has 15 heavy (non-hydrogen) atoms. The Bertz CT molecular complexity index is 277. The molecule has 2 rings (SSSR count). The first-order chi connectivity index (χ1) is 7.16. The van der Waals surface area contributed by atoms with Crippen molar-refractivity contribution in [2.24, 2.45) is 0 Å². The number of carbonyl (C=O) groups is 2. The quantitative estimate of drug-likeness (QED) is 0.601. The van der Waals surface area contributed by atoms with E-state index in [2.05, 4.69) is 0 Å². The number of hydrogen-bond donors (Lipinski definition) is 0. The second kappa shape index (κ2) is 4.31. The van der Waals surface area contributed by atoms with Gasteiger partial charge in [-0.05, 0) is 19.8 Å². The molecule has 2 atom stereocenters. The second-order valence-corrected chi connectivity index (χ2v) is 4.41. The number of carbonyl (C=O) groups excluding carboxylic acids is 2. The second-order valence-electron chi connectivity index (χ2n) is 4.41. The first-order valence-electron chi connectivity index (χ1n) is 5.59. The number of piperidine rings is 1. The summed E-state index contributed by atoms with van der Waals surface area (Å²) in [6.07, 6.45) is 2.67. The molecule has 4 nitrogen and oxygen atoms in total. The zero-order chi connectivity index (χ0) is 10.8. The van der Waals surface area contributed by atoms with Crippen LogP contribution in [-0.4, -0.2) is 41.9 Å². The Hall–Kier alpha value is -0.900. The van der Waals surface area contributed by atoms with Gasteiger partial charge >= 0.3 is 0 Å². The zero-order valence-corrected chi connectivity index (χ0v) is 9.07. The summed E-state index contributed by atoms with van der Waals surface area (Å²) < 4.78 is 5.45. The average molecular weight is 211 g/mol. The van der Waals surface area contributed by atoms with Crippen molar-refractivity contribution in [1.82, 2.24) is 4.90 Å². The molecular weight excluding hydrogens is 194 g/mol. The predicted octanol–water partition coefficient (Wildman–Crippen LogP) is 0.745. The lowest BCUT2D eigenvalue weighted by Crippen LogP contribution is -2.48. The average Bonchev–Trinajstić information content (AvgIpc) is 2.17. The lowest BCUT2D eigenvalue weighted by molar-refractivity contribution is -0.144. The van der Waals surface area contributed by atoms with Gasteiger partial charge in [0.1, 0.15) is 5.78 Å². The van der Waals surface area contributed by atoms with Crippen molar-refractivity contribution >= 4 is 11.7 Å². The fourth-order valence-corrected chi connectivity index (χ4v) is 2.37. The first-order valence-corrected chi connectivity index (χ1v) is 5.59. The molecule has 84 valence electrons. The van der Waals surface area contributed by atoms with E-state index in [4.69, 9.17) is 4.74 Å². The standard InChI is InChI=1S/C11H17NO3/c1-8-6-9(3-5-15-8)12-4-2-10(13)7-11(12)14/h8-9H,2-7H2,1H3. The maximum Gasteiger partial charge on any atom is 0.230 e. The maximum absolute atomic E-state index is 11.7. The fourth-order valence-electron chi connectivity index (χ4n) is 2.37. The first kappa shape index (κ1) is 10.6. The molecule has 0 bridgehead atoms. The summed E-state index contributed by atoms with van der Waals surface area (Å²) in [5.74, 6) is 0.0849. The van der Waals surface area contributed by atoms with Crippen molar-refractivity contribution in [3.8, 4) is 0 Å². The summed E-state index contributed by atoms with van der Waals surface area (Å²) in [7, 11) is 0. The molecule has 0 aromatic heterocycles. The molecular formula is C11H17NO3. The van der Waals surface area contributed by atoms with Gasteiger partial charge in [0.2, 0.25) is 5.91 Å². The van der Waals surface area contributed by atoms with Crippen molar-refractivity contribution in [2.45, 2.75) is 44.8 Å². The van der Waals surface area contributed by atoms with Gasteiger partial charge in [-0.1, -0.05) is 0 Å². The van der Waals surface area contributed by atoms with Gasteiger partial charge in [-0.3, -0.25) is 9.59 Å². The van der Waals surface area contributed by atoms with E-state index < -0.39 is 0 Å². The van der Waals surface area contributed by atoms with Crippen LogP contribution in [0.3, 0.4) is 0 Å². The predicted molar refractivity (Wildman–Crippen MR) is 54.4 cm³/mol. The number of hydrogen-bond acceptors (Lipinski definition) is 3. The Morgan fingerprint density at radius 3 is 2.87 bits per heavy atom. The van der Waals surface area contributed by atoms with Crippen LogP contribution >= 0.6 is 0 Å². The summed E-state index contributed by atoms with van der Waals surface area (Å²) >= 11 is 0. The van der Waals surface area contributed by atoms with Crippen molar-refractivity contribution in [1.29, 1.82) is 0 Å². The minimum Gasteiger partial charge on any atom is -0.378 e. The van der Waals surface area contributed by atoms with Crippen molar-refractivity contribution < 1.29 is 14.3 Å². The van der Waals surface area contributed by atoms with Gasteiger partial charge in [0.05, 0.1) is 12.5 Å². The molecule has 0 radical (unpaired) electrons. The Labute approximate surface area is 89.6 Å². The summed E-state index contributed by atoms with van der Waals surface area (Å²) in [4.78, 5) is 24.6. The molecule has 1 amide bonds. The minimum absolute atomic E-state index is 0.00495. The molecule has 0 aromatic carbocycles. The van der Waals surface area contributed by atoms with Crippen LogP contribution in [0.5, 0.6) is 0 Å². The van der Waals surface area contributed by atoms with Gasteiger partial charge in [-0.25, -0.2) is 0 Å². The van der Waals surface area contributed by atoms with E-state index in [1.54, 1.807) is 0 Å². The lowest BCUT2D eigenvalue weighted by Gasteiger charge is -2.38. The molecule has 2 saturated heterocycles. The molecule has 2 unspecified atom stereocenters. The Morgan fingerprint density at radius 1 is 1.40 bits per heavy atom. The van der Waals surface area contributed by atoms with Gasteiger partial charge in [-0.2, -0.15) is 0 Å².